The van der Waals surface area contributed by atoms with Gasteiger partial charge in [0.1, 0.15) is 23.7 Å². The fourth-order valence-corrected chi connectivity index (χ4v) is 4.21. The van der Waals surface area contributed by atoms with Crippen molar-refractivity contribution in [3.8, 4) is 5.75 Å². The molecule has 9 heteroatoms. The van der Waals surface area contributed by atoms with Crippen LogP contribution < -0.4 is 15.4 Å². The molecule has 2 N–H and O–H groups in total. The highest BCUT2D eigenvalue weighted by Gasteiger charge is 2.38. The number of amides is 1. The van der Waals surface area contributed by atoms with Crippen molar-refractivity contribution >= 4 is 45.6 Å². The number of anilines is 3. The minimum Gasteiger partial charge on any atom is -0.494 e. The molecule has 0 atom stereocenters. The van der Waals surface area contributed by atoms with Crippen LogP contribution in [0.1, 0.15) is 25.7 Å². The second-order valence-electron chi connectivity index (χ2n) is 8.60. The van der Waals surface area contributed by atoms with Gasteiger partial charge in [0.2, 0.25) is 5.91 Å². The molecule has 1 aromatic heterocycles. The number of ether oxygens (including phenoxy) is 1. The fourth-order valence-electron chi connectivity index (χ4n) is 4.03. The summed E-state index contributed by atoms with van der Waals surface area (Å²) in [6.45, 7) is 0.791. The molecule has 3 aromatic rings. The van der Waals surface area contributed by atoms with Gasteiger partial charge >= 0.3 is 0 Å². The third-order valence-electron chi connectivity index (χ3n) is 6.01. The number of carbonyl (C=O) groups excluding carboxylic acids is 1. The van der Waals surface area contributed by atoms with Crippen molar-refractivity contribution < 1.29 is 13.9 Å². The second kappa shape index (κ2) is 9.56. The molecule has 0 unspecified atom stereocenters. The lowest BCUT2D eigenvalue weighted by Crippen LogP contribution is -2.28. The fraction of sp³-hybridized carbons (Fsp3) is 0.320. The topological polar surface area (TPSA) is 79.4 Å². The minimum atomic E-state index is -0.500. The lowest BCUT2D eigenvalue weighted by Gasteiger charge is -2.19. The highest BCUT2D eigenvalue weighted by atomic mass is 35.5. The van der Waals surface area contributed by atoms with Crippen molar-refractivity contribution in [2.24, 2.45) is 0 Å². The number of rotatable bonds is 9. The van der Waals surface area contributed by atoms with E-state index >= 15 is 0 Å². The Balaban J connectivity index is 1.35. The van der Waals surface area contributed by atoms with Gasteiger partial charge in [-0.25, -0.2) is 14.4 Å². The van der Waals surface area contributed by atoms with Gasteiger partial charge in [0, 0.05) is 41.8 Å². The van der Waals surface area contributed by atoms with E-state index in [0.29, 0.717) is 45.9 Å². The molecule has 2 aliphatic carbocycles. The molecule has 2 saturated carbocycles. The van der Waals surface area contributed by atoms with Crippen LogP contribution in [-0.4, -0.2) is 46.5 Å². The molecule has 7 nitrogen and oxygen atoms in total. The summed E-state index contributed by atoms with van der Waals surface area (Å²) in [5.41, 5.74) is 1.70. The average Bonchev–Trinajstić information content (AvgIpc) is 3.74. The summed E-state index contributed by atoms with van der Waals surface area (Å²) in [6, 6.07) is 9.19. The van der Waals surface area contributed by atoms with Gasteiger partial charge in [-0.15, -0.1) is 0 Å². The third kappa shape index (κ3) is 5.13. The molecule has 0 aliphatic heterocycles. The number of hydrogen-bond donors (Lipinski definition) is 2. The SMILES string of the molecule is COc1cc2ncnc(Nc3ccc(F)c(Cl)c3)c2cc1NC(=O)C=CCN(C1CC1)C1CC1. The van der Waals surface area contributed by atoms with Gasteiger partial charge in [0.05, 0.1) is 23.3 Å². The predicted molar refractivity (Wildman–Crippen MR) is 131 cm³/mol. The van der Waals surface area contributed by atoms with Crippen LogP contribution in [0.15, 0.2) is 48.8 Å². The Kier molecular flexibility index (Phi) is 6.34. The summed E-state index contributed by atoms with van der Waals surface area (Å²) in [7, 11) is 1.54. The van der Waals surface area contributed by atoms with Crippen LogP contribution in [0.25, 0.3) is 10.9 Å². The van der Waals surface area contributed by atoms with E-state index in [1.54, 1.807) is 24.3 Å². The number of aromatic nitrogens is 2. The Hall–Kier alpha value is -3.23. The zero-order valence-corrected chi connectivity index (χ0v) is 19.5. The molecule has 5 rings (SSSR count). The Labute approximate surface area is 202 Å². The van der Waals surface area contributed by atoms with Crippen LogP contribution in [-0.2, 0) is 4.79 Å². The van der Waals surface area contributed by atoms with Crippen LogP contribution in [0.5, 0.6) is 5.75 Å². The zero-order chi connectivity index (χ0) is 23.7. The van der Waals surface area contributed by atoms with Gasteiger partial charge in [-0.05, 0) is 49.9 Å². The molecule has 1 heterocycles. The summed E-state index contributed by atoms with van der Waals surface area (Å²) >= 11 is 5.90. The van der Waals surface area contributed by atoms with E-state index < -0.39 is 5.82 Å². The smallest absolute Gasteiger partial charge is 0.248 e. The number of carbonyl (C=O) groups is 1. The lowest BCUT2D eigenvalue weighted by atomic mass is 10.1. The van der Waals surface area contributed by atoms with Gasteiger partial charge in [0.25, 0.3) is 0 Å². The summed E-state index contributed by atoms with van der Waals surface area (Å²) in [5, 5.41) is 6.71. The van der Waals surface area contributed by atoms with Crippen LogP contribution in [0.4, 0.5) is 21.6 Å². The van der Waals surface area contributed by atoms with Gasteiger partial charge in [-0.1, -0.05) is 17.7 Å². The van der Waals surface area contributed by atoms with Crippen molar-refractivity contribution in [1.82, 2.24) is 14.9 Å². The molecule has 34 heavy (non-hydrogen) atoms. The summed E-state index contributed by atoms with van der Waals surface area (Å²) < 4.78 is 19.0. The average molecular weight is 482 g/mol. The maximum atomic E-state index is 13.5. The number of hydrogen-bond acceptors (Lipinski definition) is 6. The molecule has 0 bridgehead atoms. The molecule has 1 amide bonds. The molecule has 0 spiro atoms. The summed E-state index contributed by atoms with van der Waals surface area (Å²) in [5.74, 6) is 0.244. The van der Waals surface area contributed by atoms with Gasteiger partial charge in [0.15, 0.2) is 0 Å². The number of halogens is 2. The molecular weight excluding hydrogens is 457 g/mol. The monoisotopic (exact) mass is 481 g/mol. The first-order chi connectivity index (χ1) is 16.5. The Morgan fingerprint density at radius 1 is 1.21 bits per heavy atom. The van der Waals surface area contributed by atoms with E-state index in [2.05, 4.69) is 25.5 Å². The Bertz CT molecular complexity index is 1250. The van der Waals surface area contributed by atoms with Crippen molar-refractivity contribution in [3.63, 3.8) is 0 Å². The normalized spacial score (nSPS) is 15.8. The largest absolute Gasteiger partial charge is 0.494 e. The molecule has 0 saturated heterocycles. The summed E-state index contributed by atoms with van der Waals surface area (Å²) in [6.07, 6.45) is 9.94. The first-order valence-electron chi connectivity index (χ1n) is 11.3. The highest BCUT2D eigenvalue weighted by Crippen LogP contribution is 2.37. The number of benzene rings is 2. The second-order valence-corrected chi connectivity index (χ2v) is 9.00. The van der Waals surface area contributed by atoms with E-state index in [1.807, 2.05) is 6.08 Å². The predicted octanol–water partition coefficient (Wildman–Crippen LogP) is 5.30. The molecule has 2 fully saturated rings. The van der Waals surface area contributed by atoms with Crippen LogP contribution in [0.3, 0.4) is 0 Å². The first kappa shape index (κ1) is 22.6. The third-order valence-corrected chi connectivity index (χ3v) is 6.30. The molecular formula is C25H25ClFN5O2. The number of fused-ring (bicyclic) bond motifs is 1. The number of nitrogens with zero attached hydrogens (tertiary/aromatic N) is 3. The maximum Gasteiger partial charge on any atom is 0.248 e. The molecule has 2 aliphatic rings. The van der Waals surface area contributed by atoms with Crippen molar-refractivity contribution in [3.05, 3.63) is 59.7 Å². The first-order valence-corrected chi connectivity index (χ1v) is 11.7. The van der Waals surface area contributed by atoms with Crippen LogP contribution in [0, 0.1) is 5.82 Å². The van der Waals surface area contributed by atoms with Crippen LogP contribution >= 0.6 is 11.6 Å². The zero-order valence-electron chi connectivity index (χ0n) is 18.7. The van der Waals surface area contributed by atoms with E-state index in [1.165, 1.54) is 51.3 Å². The number of nitrogens with one attached hydrogen (secondary N) is 2. The molecule has 0 radical (unpaired) electrons. The van der Waals surface area contributed by atoms with Gasteiger partial charge in [-0.3, -0.25) is 9.69 Å². The standard InChI is InChI=1S/C25H25ClFN5O2/c1-34-23-13-21-18(25(29-14-28-21)30-15-4-9-20(27)19(26)11-15)12-22(23)31-24(33)3-2-10-32(16-5-6-16)17-7-8-17/h2-4,9,11-14,16-17H,5-8,10H2,1H3,(H,31,33)(H,28,29,30). The minimum absolute atomic E-state index is 0.00621. The lowest BCUT2D eigenvalue weighted by molar-refractivity contribution is -0.111. The molecule has 2 aromatic carbocycles. The van der Waals surface area contributed by atoms with Crippen LogP contribution in [0.2, 0.25) is 5.02 Å². The Morgan fingerprint density at radius 2 is 1.97 bits per heavy atom. The molecule has 176 valence electrons. The highest BCUT2D eigenvalue weighted by molar-refractivity contribution is 6.31. The Morgan fingerprint density at radius 3 is 2.65 bits per heavy atom. The summed E-state index contributed by atoms with van der Waals surface area (Å²) in [4.78, 5) is 23.8. The maximum absolute atomic E-state index is 13.5. The van der Waals surface area contributed by atoms with Crippen molar-refractivity contribution in [1.29, 1.82) is 0 Å². The van der Waals surface area contributed by atoms with E-state index in [0.717, 1.165) is 6.54 Å². The van der Waals surface area contributed by atoms with E-state index in [4.69, 9.17) is 16.3 Å². The van der Waals surface area contributed by atoms with Gasteiger partial charge < -0.3 is 15.4 Å². The van der Waals surface area contributed by atoms with E-state index in [-0.39, 0.29) is 10.9 Å². The van der Waals surface area contributed by atoms with Crippen molar-refractivity contribution in [2.75, 3.05) is 24.3 Å². The number of methoxy groups -OCH3 is 1. The van der Waals surface area contributed by atoms with E-state index in [9.17, 15) is 9.18 Å². The van der Waals surface area contributed by atoms with Gasteiger partial charge in [-0.2, -0.15) is 0 Å². The van der Waals surface area contributed by atoms with Crippen molar-refractivity contribution in [2.45, 2.75) is 37.8 Å². The quantitative estimate of drug-likeness (QED) is 0.404.